The van der Waals surface area contributed by atoms with E-state index in [1.165, 1.54) is 11.3 Å². The maximum atomic E-state index is 11.9. The highest BCUT2D eigenvalue weighted by Crippen LogP contribution is 2.23. The molecule has 1 aromatic carbocycles. The van der Waals surface area contributed by atoms with Crippen LogP contribution in [0, 0.1) is 0 Å². The Balaban J connectivity index is 1.75. The van der Waals surface area contributed by atoms with Gasteiger partial charge in [-0.2, -0.15) is 0 Å². The summed E-state index contributed by atoms with van der Waals surface area (Å²) in [7, 11) is 0. The van der Waals surface area contributed by atoms with Gasteiger partial charge in [0.1, 0.15) is 5.01 Å². The van der Waals surface area contributed by atoms with Crippen LogP contribution >= 0.6 is 22.7 Å². The molecule has 19 heavy (non-hydrogen) atoms. The van der Waals surface area contributed by atoms with E-state index >= 15 is 0 Å². The minimum Gasteiger partial charge on any atom is -0.321 e. The quantitative estimate of drug-likeness (QED) is 0.786. The van der Waals surface area contributed by atoms with Crippen LogP contribution in [0.3, 0.4) is 0 Å². The Morgan fingerprint density at radius 2 is 1.89 bits per heavy atom. The van der Waals surface area contributed by atoms with E-state index in [1.807, 2.05) is 47.2 Å². The molecule has 3 aromatic rings. The Labute approximate surface area is 118 Å². The van der Waals surface area contributed by atoms with Gasteiger partial charge in [0, 0.05) is 22.8 Å². The summed E-state index contributed by atoms with van der Waals surface area (Å²) >= 11 is 3.03. The van der Waals surface area contributed by atoms with Crippen LogP contribution in [-0.4, -0.2) is 10.9 Å². The Morgan fingerprint density at radius 3 is 2.53 bits per heavy atom. The van der Waals surface area contributed by atoms with Crippen molar-refractivity contribution in [2.45, 2.75) is 0 Å². The highest BCUT2D eigenvalue weighted by atomic mass is 32.1. The number of amides is 1. The maximum Gasteiger partial charge on any atom is 0.265 e. The minimum absolute atomic E-state index is 0.0722. The number of carbonyl (C=O) groups is 1. The van der Waals surface area contributed by atoms with Crippen LogP contribution in [-0.2, 0) is 0 Å². The molecule has 2 heterocycles. The first-order valence-electron chi connectivity index (χ1n) is 5.68. The molecule has 1 N–H and O–H groups in total. The third-order valence-electron chi connectivity index (χ3n) is 2.57. The predicted molar refractivity (Wildman–Crippen MR) is 79.8 cm³/mol. The van der Waals surface area contributed by atoms with Crippen molar-refractivity contribution in [1.29, 1.82) is 0 Å². The lowest BCUT2D eigenvalue weighted by Crippen LogP contribution is -2.09. The molecule has 3 rings (SSSR count). The average Bonchev–Trinajstić information content (AvgIpc) is 3.13. The summed E-state index contributed by atoms with van der Waals surface area (Å²) in [5, 5.41) is 7.69. The van der Waals surface area contributed by atoms with Crippen LogP contribution in [0.4, 0.5) is 5.69 Å². The summed E-state index contributed by atoms with van der Waals surface area (Å²) in [6, 6.07) is 11.4. The lowest BCUT2D eigenvalue weighted by atomic mass is 10.2. The van der Waals surface area contributed by atoms with Crippen LogP contribution in [0.5, 0.6) is 0 Å². The molecular weight excluding hydrogens is 276 g/mol. The number of thiophene rings is 1. The molecule has 0 fully saturated rings. The summed E-state index contributed by atoms with van der Waals surface area (Å²) < 4.78 is 0. The summed E-state index contributed by atoms with van der Waals surface area (Å²) in [6.45, 7) is 0. The van der Waals surface area contributed by atoms with Crippen LogP contribution in [0.1, 0.15) is 9.67 Å². The van der Waals surface area contributed by atoms with Crippen molar-refractivity contribution < 1.29 is 4.79 Å². The van der Waals surface area contributed by atoms with Crippen molar-refractivity contribution in [1.82, 2.24) is 4.98 Å². The van der Waals surface area contributed by atoms with E-state index in [9.17, 15) is 4.79 Å². The van der Waals surface area contributed by atoms with Crippen molar-refractivity contribution in [3.05, 3.63) is 58.2 Å². The van der Waals surface area contributed by atoms with Gasteiger partial charge in [-0.15, -0.1) is 22.7 Å². The van der Waals surface area contributed by atoms with Crippen LogP contribution in [0.15, 0.2) is 53.4 Å². The highest BCUT2D eigenvalue weighted by molar-refractivity contribution is 7.13. The molecule has 0 saturated carbocycles. The van der Waals surface area contributed by atoms with Crippen LogP contribution < -0.4 is 5.32 Å². The second kappa shape index (κ2) is 5.34. The van der Waals surface area contributed by atoms with Gasteiger partial charge in [-0.3, -0.25) is 4.79 Å². The second-order valence-electron chi connectivity index (χ2n) is 3.85. The smallest absolute Gasteiger partial charge is 0.265 e. The lowest BCUT2D eigenvalue weighted by molar-refractivity contribution is 0.103. The monoisotopic (exact) mass is 286 g/mol. The van der Waals surface area contributed by atoms with Crippen LogP contribution in [0.25, 0.3) is 10.6 Å². The fraction of sp³-hybridized carbons (Fsp3) is 0. The molecular formula is C14H10N2OS2. The van der Waals surface area contributed by atoms with Gasteiger partial charge in [-0.25, -0.2) is 4.98 Å². The van der Waals surface area contributed by atoms with E-state index in [-0.39, 0.29) is 5.91 Å². The average molecular weight is 286 g/mol. The van der Waals surface area contributed by atoms with Crippen molar-refractivity contribution in [3.8, 4) is 10.6 Å². The summed E-state index contributed by atoms with van der Waals surface area (Å²) in [5.74, 6) is -0.0722. The highest BCUT2D eigenvalue weighted by Gasteiger charge is 2.07. The van der Waals surface area contributed by atoms with Gasteiger partial charge in [-0.1, -0.05) is 6.07 Å². The Kier molecular flexibility index (Phi) is 3.39. The first kappa shape index (κ1) is 12.1. The van der Waals surface area contributed by atoms with Gasteiger partial charge in [0.15, 0.2) is 0 Å². The van der Waals surface area contributed by atoms with Gasteiger partial charge in [0.2, 0.25) is 0 Å². The summed E-state index contributed by atoms with van der Waals surface area (Å²) in [4.78, 5) is 16.8. The molecule has 0 aliphatic heterocycles. The van der Waals surface area contributed by atoms with Crippen molar-refractivity contribution in [3.63, 3.8) is 0 Å². The second-order valence-corrected chi connectivity index (χ2v) is 5.69. The Morgan fingerprint density at radius 1 is 1.05 bits per heavy atom. The standard InChI is InChI=1S/C14H10N2OS2/c17-13(12-2-1-8-18-12)16-11-5-3-10(4-6-11)14-15-7-9-19-14/h1-9H,(H,16,17). The number of carbonyl (C=O) groups excluding carboxylic acids is 1. The number of nitrogens with zero attached hydrogens (tertiary/aromatic N) is 1. The van der Waals surface area contributed by atoms with Crippen molar-refractivity contribution in [2.24, 2.45) is 0 Å². The zero-order valence-electron chi connectivity index (χ0n) is 9.87. The maximum absolute atomic E-state index is 11.9. The van der Waals surface area contributed by atoms with Crippen molar-refractivity contribution in [2.75, 3.05) is 5.32 Å². The molecule has 5 heteroatoms. The van der Waals surface area contributed by atoms with E-state index in [0.717, 1.165) is 16.3 Å². The zero-order chi connectivity index (χ0) is 13.1. The molecule has 2 aromatic heterocycles. The SMILES string of the molecule is O=C(Nc1ccc(-c2nccs2)cc1)c1cccs1. The molecule has 0 aliphatic rings. The number of nitrogens with one attached hydrogen (secondary N) is 1. The molecule has 0 spiro atoms. The lowest BCUT2D eigenvalue weighted by Gasteiger charge is -2.04. The van der Waals surface area contributed by atoms with E-state index in [0.29, 0.717) is 4.88 Å². The van der Waals surface area contributed by atoms with Gasteiger partial charge in [-0.05, 0) is 35.7 Å². The molecule has 94 valence electrons. The topological polar surface area (TPSA) is 42.0 Å². The Bertz CT molecular complexity index is 658. The van der Waals surface area contributed by atoms with E-state index < -0.39 is 0 Å². The molecule has 0 atom stereocenters. The third-order valence-corrected chi connectivity index (χ3v) is 4.26. The number of rotatable bonds is 3. The molecule has 0 aliphatic carbocycles. The normalized spacial score (nSPS) is 10.3. The largest absolute Gasteiger partial charge is 0.321 e. The van der Waals surface area contributed by atoms with E-state index in [4.69, 9.17) is 0 Å². The van der Waals surface area contributed by atoms with Gasteiger partial charge >= 0.3 is 0 Å². The fourth-order valence-electron chi connectivity index (χ4n) is 1.66. The summed E-state index contributed by atoms with van der Waals surface area (Å²) in [6.07, 6.45) is 1.78. The first-order valence-corrected chi connectivity index (χ1v) is 7.43. The number of anilines is 1. The predicted octanol–water partition coefficient (Wildman–Crippen LogP) is 4.12. The zero-order valence-corrected chi connectivity index (χ0v) is 11.5. The Hall–Kier alpha value is -1.98. The fourth-order valence-corrected chi connectivity index (χ4v) is 2.93. The summed E-state index contributed by atoms with van der Waals surface area (Å²) in [5.41, 5.74) is 1.85. The third kappa shape index (κ3) is 2.72. The van der Waals surface area contributed by atoms with E-state index in [1.54, 1.807) is 17.5 Å². The number of benzene rings is 1. The number of hydrogen-bond donors (Lipinski definition) is 1. The first-order chi connectivity index (χ1) is 9.33. The van der Waals surface area contributed by atoms with E-state index in [2.05, 4.69) is 10.3 Å². The molecule has 3 nitrogen and oxygen atoms in total. The number of thiazole rings is 1. The van der Waals surface area contributed by atoms with Gasteiger partial charge in [0.05, 0.1) is 4.88 Å². The van der Waals surface area contributed by atoms with Gasteiger partial charge < -0.3 is 5.32 Å². The molecule has 1 amide bonds. The molecule has 0 bridgehead atoms. The van der Waals surface area contributed by atoms with Crippen LogP contribution in [0.2, 0.25) is 0 Å². The molecule has 0 radical (unpaired) electrons. The molecule has 0 unspecified atom stereocenters. The number of hydrogen-bond acceptors (Lipinski definition) is 4. The molecule has 0 saturated heterocycles. The van der Waals surface area contributed by atoms with Crippen molar-refractivity contribution >= 4 is 34.3 Å². The minimum atomic E-state index is -0.0722. The van der Waals surface area contributed by atoms with Gasteiger partial charge in [0.25, 0.3) is 5.91 Å². The number of aromatic nitrogens is 1.